The van der Waals surface area contributed by atoms with Crippen molar-refractivity contribution in [3.8, 4) is 5.75 Å². The van der Waals surface area contributed by atoms with Gasteiger partial charge in [0.25, 0.3) is 0 Å². The summed E-state index contributed by atoms with van der Waals surface area (Å²) in [4.78, 5) is 10.6. The first-order chi connectivity index (χ1) is 8.22. The summed E-state index contributed by atoms with van der Waals surface area (Å²) in [6, 6.07) is 7.59. The topological polar surface area (TPSA) is 52.3 Å². The predicted molar refractivity (Wildman–Crippen MR) is 69.7 cm³/mol. The molecule has 92 valence electrons. The SMILES string of the molecule is CCCCCOc1ccc(/C=C/C(N)=O)cc1. The standard InChI is InChI=1S/C14H19NO2/c1-2-3-4-11-17-13-8-5-12(6-9-13)7-10-14(15)16/h5-10H,2-4,11H2,1H3,(H2,15,16)/b10-7+. The van der Waals surface area contributed by atoms with Crippen LogP contribution in [0.5, 0.6) is 5.75 Å². The Morgan fingerprint density at radius 3 is 2.59 bits per heavy atom. The summed E-state index contributed by atoms with van der Waals surface area (Å²) in [6.07, 6.45) is 6.50. The first-order valence-electron chi connectivity index (χ1n) is 5.92. The highest BCUT2D eigenvalue weighted by atomic mass is 16.5. The van der Waals surface area contributed by atoms with Crippen molar-refractivity contribution in [3.05, 3.63) is 35.9 Å². The van der Waals surface area contributed by atoms with Crippen LogP contribution in [-0.4, -0.2) is 12.5 Å². The third-order valence-corrected chi connectivity index (χ3v) is 2.34. The number of carbonyl (C=O) groups is 1. The van der Waals surface area contributed by atoms with E-state index in [0.717, 1.165) is 24.3 Å². The lowest BCUT2D eigenvalue weighted by molar-refractivity contribution is -0.113. The van der Waals surface area contributed by atoms with Gasteiger partial charge >= 0.3 is 0 Å². The molecule has 1 aromatic carbocycles. The molecule has 0 atom stereocenters. The molecule has 0 aliphatic carbocycles. The molecular weight excluding hydrogens is 214 g/mol. The zero-order valence-corrected chi connectivity index (χ0v) is 10.2. The zero-order valence-electron chi connectivity index (χ0n) is 10.2. The number of unbranched alkanes of at least 4 members (excludes halogenated alkanes) is 2. The third-order valence-electron chi connectivity index (χ3n) is 2.34. The lowest BCUT2D eigenvalue weighted by atomic mass is 10.2. The maximum absolute atomic E-state index is 10.6. The molecule has 0 bridgehead atoms. The molecule has 3 nitrogen and oxygen atoms in total. The highest BCUT2D eigenvalue weighted by molar-refractivity contribution is 5.90. The number of benzene rings is 1. The lowest BCUT2D eigenvalue weighted by Crippen LogP contribution is -2.05. The van der Waals surface area contributed by atoms with Gasteiger partial charge in [0.15, 0.2) is 0 Å². The Morgan fingerprint density at radius 1 is 1.29 bits per heavy atom. The maximum Gasteiger partial charge on any atom is 0.241 e. The fraction of sp³-hybridized carbons (Fsp3) is 0.357. The molecule has 2 N–H and O–H groups in total. The van der Waals surface area contributed by atoms with Gasteiger partial charge in [-0.2, -0.15) is 0 Å². The van der Waals surface area contributed by atoms with Crippen LogP contribution < -0.4 is 10.5 Å². The van der Waals surface area contributed by atoms with Crippen molar-refractivity contribution in [2.24, 2.45) is 5.73 Å². The minimum atomic E-state index is -0.440. The molecule has 0 aliphatic rings. The van der Waals surface area contributed by atoms with Gasteiger partial charge in [0, 0.05) is 6.08 Å². The summed E-state index contributed by atoms with van der Waals surface area (Å²) in [5.74, 6) is 0.419. The van der Waals surface area contributed by atoms with Crippen molar-refractivity contribution < 1.29 is 9.53 Å². The Bertz CT molecular complexity index is 368. The van der Waals surface area contributed by atoms with Crippen LogP contribution in [0.4, 0.5) is 0 Å². The molecule has 3 heteroatoms. The molecule has 0 aliphatic heterocycles. The van der Waals surface area contributed by atoms with E-state index in [1.54, 1.807) is 6.08 Å². The van der Waals surface area contributed by atoms with Gasteiger partial charge in [-0.15, -0.1) is 0 Å². The van der Waals surface area contributed by atoms with E-state index in [9.17, 15) is 4.79 Å². The number of hydrogen-bond acceptors (Lipinski definition) is 2. The van der Waals surface area contributed by atoms with E-state index in [-0.39, 0.29) is 0 Å². The summed E-state index contributed by atoms with van der Waals surface area (Å²) in [5, 5.41) is 0. The third kappa shape index (κ3) is 5.76. The van der Waals surface area contributed by atoms with Crippen molar-refractivity contribution in [2.75, 3.05) is 6.61 Å². The van der Waals surface area contributed by atoms with Crippen molar-refractivity contribution in [3.63, 3.8) is 0 Å². The molecule has 0 spiro atoms. The average molecular weight is 233 g/mol. The maximum atomic E-state index is 10.6. The van der Waals surface area contributed by atoms with Gasteiger partial charge in [-0.1, -0.05) is 31.9 Å². The second-order valence-corrected chi connectivity index (χ2v) is 3.86. The van der Waals surface area contributed by atoms with E-state index in [2.05, 4.69) is 6.92 Å². The van der Waals surface area contributed by atoms with Crippen molar-refractivity contribution in [1.29, 1.82) is 0 Å². The van der Waals surface area contributed by atoms with Crippen LogP contribution in [0, 0.1) is 0 Å². The van der Waals surface area contributed by atoms with Crippen LogP contribution in [0.1, 0.15) is 31.7 Å². The molecule has 1 rings (SSSR count). The van der Waals surface area contributed by atoms with E-state index in [1.807, 2.05) is 24.3 Å². The van der Waals surface area contributed by atoms with Gasteiger partial charge < -0.3 is 10.5 Å². The first kappa shape index (κ1) is 13.3. The molecule has 0 saturated carbocycles. The highest BCUT2D eigenvalue weighted by Crippen LogP contribution is 2.13. The summed E-state index contributed by atoms with van der Waals surface area (Å²) in [7, 11) is 0. The fourth-order valence-electron chi connectivity index (χ4n) is 1.40. The van der Waals surface area contributed by atoms with Crippen LogP contribution in [0.2, 0.25) is 0 Å². The van der Waals surface area contributed by atoms with Crippen molar-refractivity contribution in [1.82, 2.24) is 0 Å². The first-order valence-corrected chi connectivity index (χ1v) is 5.92. The Morgan fingerprint density at radius 2 is 2.00 bits per heavy atom. The van der Waals surface area contributed by atoms with Crippen LogP contribution in [0.3, 0.4) is 0 Å². The second kappa shape index (κ2) is 7.49. The summed E-state index contributed by atoms with van der Waals surface area (Å²) < 4.78 is 5.57. The van der Waals surface area contributed by atoms with Crippen LogP contribution >= 0.6 is 0 Å². The van der Waals surface area contributed by atoms with E-state index in [4.69, 9.17) is 10.5 Å². The molecule has 1 amide bonds. The second-order valence-electron chi connectivity index (χ2n) is 3.86. The van der Waals surface area contributed by atoms with Crippen LogP contribution in [0.15, 0.2) is 30.3 Å². The number of amides is 1. The van der Waals surface area contributed by atoms with E-state index >= 15 is 0 Å². The fourth-order valence-corrected chi connectivity index (χ4v) is 1.40. The van der Waals surface area contributed by atoms with E-state index < -0.39 is 5.91 Å². The average Bonchev–Trinajstić information content (AvgIpc) is 2.33. The van der Waals surface area contributed by atoms with Crippen LogP contribution in [-0.2, 0) is 4.79 Å². The van der Waals surface area contributed by atoms with Gasteiger partial charge in [-0.25, -0.2) is 0 Å². The predicted octanol–water partition coefficient (Wildman–Crippen LogP) is 2.75. The number of hydrogen-bond donors (Lipinski definition) is 1. The number of nitrogens with two attached hydrogens (primary N) is 1. The normalized spacial score (nSPS) is 10.6. The molecule has 1 aromatic rings. The Balaban J connectivity index is 2.42. The number of primary amides is 1. The van der Waals surface area contributed by atoms with Gasteiger partial charge in [0.2, 0.25) is 5.91 Å². The molecule has 0 saturated heterocycles. The number of rotatable bonds is 7. The largest absolute Gasteiger partial charge is 0.494 e. The number of carbonyl (C=O) groups excluding carboxylic acids is 1. The zero-order chi connectivity index (χ0) is 12.5. The molecule has 0 aromatic heterocycles. The van der Waals surface area contributed by atoms with E-state index in [1.165, 1.54) is 18.9 Å². The molecule has 0 radical (unpaired) electrons. The smallest absolute Gasteiger partial charge is 0.241 e. The lowest BCUT2D eigenvalue weighted by Gasteiger charge is -2.05. The number of ether oxygens (including phenoxy) is 1. The van der Waals surface area contributed by atoms with Gasteiger partial charge in [0.05, 0.1) is 6.61 Å². The molecule has 17 heavy (non-hydrogen) atoms. The molecular formula is C14H19NO2. The van der Waals surface area contributed by atoms with Gasteiger partial charge in [-0.05, 0) is 30.2 Å². The minimum absolute atomic E-state index is 0.440. The molecule has 0 unspecified atom stereocenters. The van der Waals surface area contributed by atoms with Gasteiger partial charge in [0.1, 0.15) is 5.75 Å². The highest BCUT2D eigenvalue weighted by Gasteiger charge is 1.94. The molecule has 0 heterocycles. The minimum Gasteiger partial charge on any atom is -0.494 e. The Kier molecular flexibility index (Phi) is 5.86. The summed E-state index contributed by atoms with van der Waals surface area (Å²) in [5.41, 5.74) is 5.95. The summed E-state index contributed by atoms with van der Waals surface area (Å²) in [6.45, 7) is 2.92. The van der Waals surface area contributed by atoms with Gasteiger partial charge in [-0.3, -0.25) is 4.79 Å². The van der Waals surface area contributed by atoms with Crippen LogP contribution in [0.25, 0.3) is 6.08 Å². The summed E-state index contributed by atoms with van der Waals surface area (Å²) >= 11 is 0. The quantitative estimate of drug-likeness (QED) is 0.581. The monoisotopic (exact) mass is 233 g/mol. The molecule has 0 fully saturated rings. The Labute approximate surface area is 102 Å². The van der Waals surface area contributed by atoms with Crippen molar-refractivity contribution in [2.45, 2.75) is 26.2 Å². The Hall–Kier alpha value is -1.77. The van der Waals surface area contributed by atoms with Crippen molar-refractivity contribution >= 4 is 12.0 Å². The van der Waals surface area contributed by atoms with E-state index in [0.29, 0.717) is 0 Å².